The highest BCUT2D eigenvalue weighted by Gasteiger charge is 2.01. The van der Waals surface area contributed by atoms with Crippen LogP contribution in [0.3, 0.4) is 0 Å². The molecule has 0 unspecified atom stereocenters. The van der Waals surface area contributed by atoms with E-state index in [0.717, 1.165) is 6.54 Å². The van der Waals surface area contributed by atoms with E-state index < -0.39 is 0 Å². The van der Waals surface area contributed by atoms with Crippen LogP contribution in [0, 0.1) is 0 Å². The first-order valence-corrected chi connectivity index (χ1v) is 6.80. The Morgan fingerprint density at radius 3 is 2.94 bits per heavy atom. The second-order valence-corrected chi connectivity index (χ2v) is 4.65. The summed E-state index contributed by atoms with van der Waals surface area (Å²) in [7, 11) is 0. The fraction of sp³-hybridized carbons (Fsp3) is 0.308. The van der Waals surface area contributed by atoms with E-state index in [1.807, 2.05) is 12.1 Å². The molecule has 17 heavy (non-hydrogen) atoms. The van der Waals surface area contributed by atoms with Crippen LogP contribution in [0.4, 0.5) is 0 Å². The maximum atomic E-state index is 11.3. The minimum absolute atomic E-state index is 0.0957. The number of carbonyl (C=O) groups excluding carboxylic acids is 1. The smallest absolute Gasteiger partial charge is 0.220 e. The minimum atomic E-state index is 0.0957. The lowest BCUT2D eigenvalue weighted by molar-refractivity contribution is -0.120. The molecule has 0 aliphatic heterocycles. The van der Waals surface area contributed by atoms with Gasteiger partial charge in [-0.25, -0.2) is 0 Å². The van der Waals surface area contributed by atoms with Crippen LogP contribution in [0.15, 0.2) is 36.5 Å². The molecule has 2 aromatic rings. The number of carbonyl (C=O) groups is 1. The summed E-state index contributed by atoms with van der Waals surface area (Å²) in [5, 5.41) is 4.85. The van der Waals surface area contributed by atoms with Gasteiger partial charge in [-0.15, -0.1) is 0 Å². The lowest BCUT2D eigenvalue weighted by Crippen LogP contribution is -2.27. The van der Waals surface area contributed by atoms with E-state index in [9.17, 15) is 4.79 Å². The minimum Gasteiger partial charge on any atom is -0.354 e. The molecule has 4 heteroatoms. The van der Waals surface area contributed by atoms with E-state index in [1.54, 1.807) is 0 Å². The first kappa shape index (κ1) is 12.2. The van der Waals surface area contributed by atoms with E-state index in [4.69, 9.17) is 0 Å². The van der Waals surface area contributed by atoms with Crippen molar-refractivity contribution in [1.82, 2.24) is 9.88 Å². The summed E-state index contributed by atoms with van der Waals surface area (Å²) in [5.41, 5.74) is 1.21. The van der Waals surface area contributed by atoms with Crippen molar-refractivity contribution in [2.75, 3.05) is 11.9 Å². The highest BCUT2D eigenvalue weighted by molar-refractivity contribution is 9.09. The van der Waals surface area contributed by atoms with Gasteiger partial charge in [-0.05, 0) is 17.5 Å². The zero-order chi connectivity index (χ0) is 12.1. The third-order valence-corrected chi connectivity index (χ3v) is 3.07. The maximum absolute atomic E-state index is 11.3. The third kappa shape index (κ3) is 3.09. The summed E-state index contributed by atoms with van der Waals surface area (Å²) in [4.78, 5) is 11.3. The molecule has 1 heterocycles. The Labute approximate surface area is 109 Å². The number of hydrogen-bond donors (Lipinski definition) is 1. The highest BCUT2D eigenvalue weighted by Crippen LogP contribution is 2.14. The van der Waals surface area contributed by atoms with Crippen molar-refractivity contribution in [3.8, 4) is 0 Å². The lowest BCUT2D eigenvalue weighted by Gasteiger charge is -2.06. The molecule has 0 fully saturated rings. The average molecular weight is 295 g/mol. The van der Waals surface area contributed by atoms with Crippen LogP contribution in [0.2, 0.25) is 0 Å². The normalized spacial score (nSPS) is 10.6. The zero-order valence-corrected chi connectivity index (χ0v) is 11.1. The molecule has 0 aliphatic carbocycles. The number of nitrogens with zero attached hydrogens (tertiary/aromatic N) is 1. The van der Waals surface area contributed by atoms with E-state index in [1.165, 1.54) is 10.9 Å². The first-order chi connectivity index (χ1) is 8.31. The number of para-hydroxylation sites is 1. The summed E-state index contributed by atoms with van der Waals surface area (Å²) in [6, 6.07) is 10.3. The molecule has 0 atom stereocenters. The van der Waals surface area contributed by atoms with E-state index in [2.05, 4.69) is 50.2 Å². The Morgan fingerprint density at radius 1 is 1.29 bits per heavy atom. The number of nitrogens with one attached hydrogen (secondary N) is 1. The number of hydrogen-bond acceptors (Lipinski definition) is 1. The van der Waals surface area contributed by atoms with Crippen LogP contribution in [0.5, 0.6) is 0 Å². The predicted molar refractivity (Wildman–Crippen MR) is 73.4 cm³/mol. The van der Waals surface area contributed by atoms with Gasteiger partial charge in [0.15, 0.2) is 0 Å². The quantitative estimate of drug-likeness (QED) is 0.845. The van der Waals surface area contributed by atoms with Gasteiger partial charge in [0.25, 0.3) is 0 Å². The summed E-state index contributed by atoms with van der Waals surface area (Å²) in [6.45, 7) is 1.48. The Hall–Kier alpha value is -1.29. The van der Waals surface area contributed by atoms with Crippen LogP contribution in [-0.2, 0) is 11.3 Å². The fourth-order valence-corrected chi connectivity index (χ4v) is 2.19. The molecular weight excluding hydrogens is 280 g/mol. The van der Waals surface area contributed by atoms with Gasteiger partial charge in [0.05, 0.1) is 0 Å². The van der Waals surface area contributed by atoms with Crippen LogP contribution in [0.25, 0.3) is 10.9 Å². The lowest BCUT2D eigenvalue weighted by atomic mass is 10.2. The molecule has 0 bridgehead atoms. The molecule has 1 aromatic heterocycles. The predicted octanol–water partition coefficient (Wildman–Crippen LogP) is 2.54. The SMILES string of the molecule is O=C(CCBr)NCCn1ccc2ccccc21. The standard InChI is InChI=1S/C13H15BrN2O/c14-7-5-13(17)15-8-10-16-9-6-11-3-1-2-4-12(11)16/h1-4,6,9H,5,7-8,10H2,(H,15,17). The molecule has 0 aliphatic rings. The molecule has 1 N–H and O–H groups in total. The van der Waals surface area contributed by atoms with Crippen molar-refractivity contribution >= 4 is 32.7 Å². The van der Waals surface area contributed by atoms with Crippen LogP contribution in [0.1, 0.15) is 6.42 Å². The van der Waals surface area contributed by atoms with Crippen molar-refractivity contribution in [3.63, 3.8) is 0 Å². The van der Waals surface area contributed by atoms with Gasteiger partial charge in [0.1, 0.15) is 0 Å². The van der Waals surface area contributed by atoms with Gasteiger partial charge in [-0.3, -0.25) is 4.79 Å². The molecule has 2 rings (SSSR count). The van der Waals surface area contributed by atoms with Gasteiger partial charge in [0, 0.05) is 36.6 Å². The Kier molecular flexibility index (Phi) is 4.20. The number of amides is 1. The van der Waals surface area contributed by atoms with Crippen molar-refractivity contribution in [2.45, 2.75) is 13.0 Å². The Morgan fingerprint density at radius 2 is 2.12 bits per heavy atom. The molecule has 3 nitrogen and oxygen atoms in total. The van der Waals surface area contributed by atoms with Gasteiger partial charge in [0.2, 0.25) is 5.91 Å². The van der Waals surface area contributed by atoms with Crippen molar-refractivity contribution in [1.29, 1.82) is 0 Å². The van der Waals surface area contributed by atoms with Crippen LogP contribution in [-0.4, -0.2) is 22.3 Å². The van der Waals surface area contributed by atoms with Crippen molar-refractivity contribution in [3.05, 3.63) is 36.5 Å². The van der Waals surface area contributed by atoms with Crippen molar-refractivity contribution in [2.24, 2.45) is 0 Å². The van der Waals surface area contributed by atoms with Gasteiger partial charge >= 0.3 is 0 Å². The van der Waals surface area contributed by atoms with Gasteiger partial charge in [-0.2, -0.15) is 0 Å². The Balaban J connectivity index is 1.93. The molecule has 0 radical (unpaired) electrons. The molecule has 1 amide bonds. The topological polar surface area (TPSA) is 34.0 Å². The number of benzene rings is 1. The van der Waals surface area contributed by atoms with E-state index in [-0.39, 0.29) is 5.91 Å². The van der Waals surface area contributed by atoms with E-state index >= 15 is 0 Å². The zero-order valence-electron chi connectivity index (χ0n) is 9.53. The number of aromatic nitrogens is 1. The fourth-order valence-electron chi connectivity index (χ4n) is 1.83. The molecule has 0 spiro atoms. The second-order valence-electron chi connectivity index (χ2n) is 3.86. The molecule has 0 saturated carbocycles. The van der Waals surface area contributed by atoms with Crippen LogP contribution < -0.4 is 5.32 Å². The molecule has 1 aromatic carbocycles. The molecular formula is C13H15BrN2O. The summed E-state index contributed by atoms with van der Waals surface area (Å²) in [6.07, 6.45) is 2.59. The summed E-state index contributed by atoms with van der Waals surface area (Å²) >= 11 is 3.25. The summed E-state index contributed by atoms with van der Waals surface area (Å²) < 4.78 is 2.16. The van der Waals surface area contributed by atoms with E-state index in [0.29, 0.717) is 18.3 Å². The number of fused-ring (bicyclic) bond motifs is 1. The monoisotopic (exact) mass is 294 g/mol. The van der Waals surface area contributed by atoms with Crippen LogP contribution >= 0.6 is 15.9 Å². The Bertz CT molecular complexity index is 507. The third-order valence-electron chi connectivity index (χ3n) is 2.68. The number of rotatable bonds is 5. The van der Waals surface area contributed by atoms with Gasteiger partial charge < -0.3 is 9.88 Å². The maximum Gasteiger partial charge on any atom is 0.220 e. The second kappa shape index (κ2) is 5.87. The number of halogens is 1. The summed E-state index contributed by atoms with van der Waals surface area (Å²) in [5.74, 6) is 0.0957. The average Bonchev–Trinajstić information content (AvgIpc) is 2.73. The van der Waals surface area contributed by atoms with Crippen molar-refractivity contribution < 1.29 is 4.79 Å². The first-order valence-electron chi connectivity index (χ1n) is 5.68. The highest BCUT2D eigenvalue weighted by atomic mass is 79.9. The largest absolute Gasteiger partial charge is 0.354 e. The number of alkyl halides is 1. The van der Waals surface area contributed by atoms with Gasteiger partial charge in [-0.1, -0.05) is 34.1 Å². The molecule has 90 valence electrons. The molecule has 0 saturated heterocycles.